The Morgan fingerprint density at radius 2 is 1.65 bits per heavy atom. The van der Waals surface area contributed by atoms with Crippen LogP contribution in [-0.2, 0) is 24.9 Å². The fourth-order valence-corrected chi connectivity index (χ4v) is 5.56. The van der Waals surface area contributed by atoms with E-state index in [-0.39, 0.29) is 26.3 Å². The summed E-state index contributed by atoms with van der Waals surface area (Å²) in [7, 11) is -9.63. The maximum atomic E-state index is 14.9. The molecule has 1 rings (SSSR count). The summed E-state index contributed by atoms with van der Waals surface area (Å²) in [4.78, 5) is 0. The molecule has 2 atom stereocenters. The Balaban J connectivity index is 3.36. The zero-order valence-electron chi connectivity index (χ0n) is 13.3. The number of hydrogen-bond acceptors (Lipinski definition) is 5. The third kappa shape index (κ3) is 3.53. The number of halogens is 2. The van der Waals surface area contributed by atoms with Gasteiger partial charge in [0, 0.05) is 13.1 Å². The van der Waals surface area contributed by atoms with Crippen molar-refractivity contribution in [2.45, 2.75) is 49.5 Å². The molecule has 0 aromatic rings. The topological polar surface area (TPSA) is 101 Å². The summed E-state index contributed by atoms with van der Waals surface area (Å²) in [6.07, 6.45) is -1.12. The molecule has 23 heavy (non-hydrogen) atoms. The van der Waals surface area contributed by atoms with Gasteiger partial charge in [-0.2, -0.15) is 12.7 Å². The third-order valence-corrected chi connectivity index (χ3v) is 8.55. The van der Waals surface area contributed by atoms with Crippen LogP contribution in [0.15, 0.2) is 0 Å². The molecule has 1 saturated heterocycles. The molecule has 0 bridgehead atoms. The van der Waals surface area contributed by atoms with Crippen LogP contribution in [0.3, 0.4) is 0 Å². The van der Waals surface area contributed by atoms with E-state index in [0.717, 1.165) is 11.2 Å². The molecule has 0 radical (unpaired) electrons. The highest BCUT2D eigenvalue weighted by Crippen LogP contribution is 2.44. The van der Waals surface area contributed by atoms with Crippen molar-refractivity contribution >= 4 is 20.1 Å². The van der Waals surface area contributed by atoms with E-state index in [9.17, 15) is 30.2 Å². The van der Waals surface area contributed by atoms with Crippen molar-refractivity contribution in [1.82, 2.24) is 4.31 Å². The molecule has 0 aliphatic carbocycles. The summed E-state index contributed by atoms with van der Waals surface area (Å²) in [5.74, 6) is -4.17. The summed E-state index contributed by atoms with van der Waals surface area (Å²) in [6, 6.07) is 0. The average molecular weight is 379 g/mol. The molecule has 0 aromatic heterocycles. The number of hydrogen-bond donors (Lipinski definition) is 1. The molecule has 2 unspecified atom stereocenters. The first kappa shape index (κ1) is 20.7. The van der Waals surface area contributed by atoms with Crippen LogP contribution in [0.1, 0.15) is 33.6 Å². The van der Waals surface area contributed by atoms with Crippen LogP contribution in [0, 0.1) is 0 Å². The second-order valence-electron chi connectivity index (χ2n) is 5.64. The third-order valence-electron chi connectivity index (χ3n) is 4.41. The second kappa shape index (κ2) is 6.87. The Hall–Kier alpha value is -0.360. The van der Waals surface area contributed by atoms with E-state index in [0.29, 0.717) is 6.92 Å². The predicted molar refractivity (Wildman–Crippen MR) is 80.6 cm³/mol. The summed E-state index contributed by atoms with van der Waals surface area (Å²) in [6.45, 7) is 3.12. The lowest BCUT2D eigenvalue weighted by Crippen LogP contribution is -2.61. The number of rotatable bonds is 7. The fourth-order valence-electron chi connectivity index (χ4n) is 2.57. The Kier molecular flexibility index (Phi) is 6.18. The van der Waals surface area contributed by atoms with E-state index in [1.54, 1.807) is 0 Å². The molecule has 1 fully saturated rings. The average Bonchev–Trinajstić information content (AvgIpc) is 2.46. The number of sulfonamides is 1. The molecular formula is C12H23F2NO6S2. The minimum absolute atomic E-state index is 0.0658. The maximum absolute atomic E-state index is 14.9. The van der Waals surface area contributed by atoms with E-state index in [1.165, 1.54) is 6.92 Å². The second-order valence-corrected chi connectivity index (χ2v) is 9.60. The largest absolute Gasteiger partial charge is 0.379 e. The van der Waals surface area contributed by atoms with Gasteiger partial charge in [-0.15, -0.1) is 0 Å². The first-order valence-electron chi connectivity index (χ1n) is 7.27. The zero-order valence-corrected chi connectivity index (χ0v) is 15.0. The number of ether oxygens (including phenoxy) is 1. The molecule has 1 aliphatic heterocycles. The van der Waals surface area contributed by atoms with Crippen molar-refractivity contribution in [3.05, 3.63) is 0 Å². The highest BCUT2D eigenvalue weighted by Gasteiger charge is 2.65. The van der Waals surface area contributed by atoms with E-state index < -0.39 is 48.9 Å². The molecular weight excluding hydrogens is 356 g/mol. The van der Waals surface area contributed by atoms with Gasteiger partial charge in [0.1, 0.15) is 5.25 Å². The maximum Gasteiger partial charge on any atom is 0.287 e. The van der Waals surface area contributed by atoms with Gasteiger partial charge >= 0.3 is 0 Å². The van der Waals surface area contributed by atoms with Crippen LogP contribution < -0.4 is 0 Å². The molecule has 1 N–H and O–H groups in total. The predicted octanol–water partition coefficient (Wildman–Crippen LogP) is 1.12. The van der Waals surface area contributed by atoms with Crippen molar-refractivity contribution < 1.29 is 34.9 Å². The Bertz CT molecular complexity index is 615. The van der Waals surface area contributed by atoms with Crippen LogP contribution in [0.5, 0.6) is 0 Å². The quantitative estimate of drug-likeness (QED) is 0.665. The number of alkyl halides is 2. The van der Waals surface area contributed by atoms with E-state index in [4.69, 9.17) is 4.74 Å². The van der Waals surface area contributed by atoms with E-state index >= 15 is 0 Å². The van der Waals surface area contributed by atoms with Gasteiger partial charge in [-0.3, -0.25) is 4.55 Å². The molecule has 0 saturated carbocycles. The minimum Gasteiger partial charge on any atom is -0.379 e. The molecule has 1 aliphatic rings. The molecule has 0 spiro atoms. The van der Waals surface area contributed by atoms with Gasteiger partial charge in [0.15, 0.2) is 4.75 Å². The minimum atomic E-state index is -5.18. The lowest BCUT2D eigenvalue weighted by Gasteiger charge is -2.40. The standard InChI is InChI=1S/C12H23F2NO6S2/c1-4-10(22(16,17)15-6-8-21-9-7-15)12(13,14)11(3,5-2)23(18,19)20/h10H,4-9H2,1-3H3,(H,18,19,20). The molecule has 138 valence electrons. The summed E-state index contributed by atoms with van der Waals surface area (Å²) >= 11 is 0. The smallest absolute Gasteiger partial charge is 0.287 e. The lowest BCUT2D eigenvalue weighted by molar-refractivity contribution is -0.0473. The van der Waals surface area contributed by atoms with Gasteiger partial charge in [-0.05, 0) is 19.8 Å². The molecule has 1 heterocycles. The molecule has 0 amide bonds. The van der Waals surface area contributed by atoms with Crippen LogP contribution >= 0.6 is 0 Å². The van der Waals surface area contributed by atoms with Gasteiger partial charge in [-0.1, -0.05) is 13.8 Å². The van der Waals surface area contributed by atoms with Gasteiger partial charge < -0.3 is 4.74 Å². The van der Waals surface area contributed by atoms with Gasteiger partial charge in [-0.25, -0.2) is 17.2 Å². The summed E-state index contributed by atoms with van der Waals surface area (Å²) in [5.41, 5.74) is 0. The highest BCUT2D eigenvalue weighted by molar-refractivity contribution is 7.90. The highest BCUT2D eigenvalue weighted by atomic mass is 32.2. The summed E-state index contributed by atoms with van der Waals surface area (Å²) in [5, 5.41) is -2.25. The van der Waals surface area contributed by atoms with Crippen molar-refractivity contribution in [2.24, 2.45) is 0 Å². The monoisotopic (exact) mass is 379 g/mol. The normalized spacial score (nSPS) is 22.5. The van der Waals surface area contributed by atoms with Crippen molar-refractivity contribution in [3.8, 4) is 0 Å². The molecule has 11 heteroatoms. The Morgan fingerprint density at radius 3 is 2.00 bits per heavy atom. The molecule has 7 nitrogen and oxygen atoms in total. The van der Waals surface area contributed by atoms with Crippen molar-refractivity contribution in [3.63, 3.8) is 0 Å². The van der Waals surface area contributed by atoms with Crippen LogP contribution in [0.2, 0.25) is 0 Å². The van der Waals surface area contributed by atoms with Gasteiger partial charge in [0.2, 0.25) is 10.0 Å². The molecule has 0 aromatic carbocycles. The van der Waals surface area contributed by atoms with Gasteiger partial charge in [0.05, 0.1) is 13.2 Å². The SMILES string of the molecule is CCC(C(F)(F)C(C)(CC)S(=O)(=O)O)S(=O)(=O)N1CCOCC1. The van der Waals surface area contributed by atoms with Crippen LogP contribution in [0.25, 0.3) is 0 Å². The Labute approximate surface area is 135 Å². The summed E-state index contributed by atoms with van der Waals surface area (Å²) < 4.78 is 90.2. The van der Waals surface area contributed by atoms with Crippen LogP contribution in [0.4, 0.5) is 8.78 Å². The zero-order chi connectivity index (χ0) is 18.1. The Morgan fingerprint density at radius 1 is 1.17 bits per heavy atom. The van der Waals surface area contributed by atoms with Crippen molar-refractivity contribution in [1.29, 1.82) is 0 Å². The number of nitrogens with zero attached hydrogens (tertiary/aromatic N) is 1. The number of morpholine rings is 1. The van der Waals surface area contributed by atoms with E-state index in [2.05, 4.69) is 0 Å². The van der Waals surface area contributed by atoms with Gasteiger partial charge in [0.25, 0.3) is 16.0 Å². The van der Waals surface area contributed by atoms with Crippen LogP contribution in [-0.4, -0.2) is 67.9 Å². The van der Waals surface area contributed by atoms with E-state index in [1.807, 2.05) is 0 Å². The first-order valence-corrected chi connectivity index (χ1v) is 10.2. The van der Waals surface area contributed by atoms with Crippen molar-refractivity contribution in [2.75, 3.05) is 26.3 Å². The lowest BCUT2D eigenvalue weighted by atomic mass is 9.95. The first-order chi connectivity index (χ1) is 10.4. The fraction of sp³-hybridized carbons (Fsp3) is 1.00.